The summed E-state index contributed by atoms with van der Waals surface area (Å²) in [5.41, 5.74) is 2.56. The van der Waals surface area contributed by atoms with E-state index in [0.717, 1.165) is 43.9 Å². The Kier molecular flexibility index (Phi) is 4.74. The number of ether oxygens (including phenoxy) is 2. The van der Waals surface area contributed by atoms with Crippen molar-refractivity contribution in [2.24, 2.45) is 0 Å². The molecule has 0 radical (unpaired) electrons. The van der Waals surface area contributed by atoms with Crippen molar-refractivity contribution in [1.29, 1.82) is 0 Å². The monoisotopic (exact) mass is 339 g/mol. The molecule has 1 atom stereocenters. The van der Waals surface area contributed by atoms with Crippen LogP contribution in [0.15, 0.2) is 42.7 Å². The van der Waals surface area contributed by atoms with Gasteiger partial charge in [-0.15, -0.1) is 0 Å². The fraction of sp³-hybridized carbons (Fsp3) is 0.450. The molecule has 25 heavy (non-hydrogen) atoms. The molecule has 0 saturated carbocycles. The number of hydrogen-bond acceptors (Lipinski definition) is 5. The van der Waals surface area contributed by atoms with Crippen molar-refractivity contribution >= 4 is 5.69 Å². The highest BCUT2D eigenvalue weighted by Gasteiger charge is 2.23. The zero-order chi connectivity index (χ0) is 17.1. The van der Waals surface area contributed by atoms with Crippen molar-refractivity contribution in [2.75, 3.05) is 24.8 Å². The van der Waals surface area contributed by atoms with E-state index in [1.54, 1.807) is 0 Å². The van der Waals surface area contributed by atoms with Crippen LogP contribution in [0.5, 0.6) is 11.5 Å². The van der Waals surface area contributed by atoms with Gasteiger partial charge >= 0.3 is 0 Å². The summed E-state index contributed by atoms with van der Waals surface area (Å²) in [7, 11) is 0. The lowest BCUT2D eigenvalue weighted by molar-refractivity contribution is 0.174. The molecule has 5 nitrogen and oxygen atoms in total. The number of rotatable bonds is 5. The van der Waals surface area contributed by atoms with E-state index in [2.05, 4.69) is 46.4 Å². The Morgan fingerprint density at radius 1 is 1.12 bits per heavy atom. The molecule has 132 valence electrons. The number of aromatic nitrogens is 1. The second-order valence-electron chi connectivity index (χ2n) is 6.71. The molecule has 2 aliphatic heterocycles. The van der Waals surface area contributed by atoms with Crippen molar-refractivity contribution in [3.05, 3.63) is 48.3 Å². The molecule has 1 aromatic heterocycles. The van der Waals surface area contributed by atoms with Crippen molar-refractivity contribution in [2.45, 2.75) is 38.3 Å². The largest absolute Gasteiger partial charge is 0.454 e. The summed E-state index contributed by atoms with van der Waals surface area (Å²) in [5.74, 6) is 1.71. The first-order valence-corrected chi connectivity index (χ1v) is 9.14. The van der Waals surface area contributed by atoms with E-state index >= 15 is 0 Å². The van der Waals surface area contributed by atoms with E-state index in [1.165, 1.54) is 11.3 Å². The lowest BCUT2D eigenvalue weighted by Crippen LogP contribution is -2.43. The Morgan fingerprint density at radius 2 is 1.88 bits per heavy atom. The number of benzene rings is 1. The molecule has 1 saturated heterocycles. The summed E-state index contributed by atoms with van der Waals surface area (Å²) < 4.78 is 10.9. The molecule has 2 aromatic rings. The highest BCUT2D eigenvalue weighted by molar-refractivity contribution is 5.57. The van der Waals surface area contributed by atoms with Crippen molar-refractivity contribution in [3.8, 4) is 11.5 Å². The molecular formula is C20H25N3O2. The summed E-state index contributed by atoms with van der Waals surface area (Å²) >= 11 is 0. The van der Waals surface area contributed by atoms with Crippen LogP contribution in [0, 0.1) is 0 Å². The first kappa shape index (κ1) is 16.2. The molecular weight excluding hydrogens is 314 g/mol. The normalized spacial score (nSPS) is 18.4. The van der Waals surface area contributed by atoms with Gasteiger partial charge < -0.3 is 19.7 Å². The molecule has 0 amide bonds. The van der Waals surface area contributed by atoms with Gasteiger partial charge in [0, 0.05) is 49.3 Å². The maximum absolute atomic E-state index is 5.50. The third kappa shape index (κ3) is 3.56. The molecule has 5 heteroatoms. The van der Waals surface area contributed by atoms with Crippen LogP contribution in [0.1, 0.15) is 37.8 Å². The molecule has 0 aliphatic carbocycles. The molecule has 0 bridgehead atoms. The Hall–Kier alpha value is -2.27. The molecule has 1 fully saturated rings. The Bertz CT molecular complexity index is 699. The molecule has 1 N–H and O–H groups in total. The zero-order valence-corrected chi connectivity index (χ0v) is 14.6. The third-order valence-electron chi connectivity index (χ3n) is 5.17. The highest BCUT2D eigenvalue weighted by Crippen LogP contribution is 2.36. The van der Waals surface area contributed by atoms with E-state index < -0.39 is 0 Å². The van der Waals surface area contributed by atoms with Gasteiger partial charge in [-0.2, -0.15) is 0 Å². The van der Waals surface area contributed by atoms with Crippen LogP contribution in [0.2, 0.25) is 0 Å². The van der Waals surface area contributed by atoms with E-state index in [-0.39, 0.29) is 0 Å². The molecule has 3 heterocycles. The molecule has 0 spiro atoms. The fourth-order valence-corrected chi connectivity index (χ4v) is 3.72. The molecule has 4 rings (SSSR count). The lowest BCUT2D eigenvalue weighted by atomic mass is 9.99. The predicted molar refractivity (Wildman–Crippen MR) is 98.2 cm³/mol. The molecule has 2 aliphatic rings. The third-order valence-corrected chi connectivity index (χ3v) is 5.17. The van der Waals surface area contributed by atoms with Gasteiger partial charge in [-0.25, -0.2) is 0 Å². The number of hydrogen-bond donors (Lipinski definition) is 1. The van der Waals surface area contributed by atoms with Gasteiger partial charge in [-0.1, -0.05) is 6.92 Å². The van der Waals surface area contributed by atoms with Crippen LogP contribution in [0.25, 0.3) is 0 Å². The maximum atomic E-state index is 5.50. The number of nitrogens with one attached hydrogen (secondary N) is 1. The zero-order valence-electron chi connectivity index (χ0n) is 14.6. The van der Waals surface area contributed by atoms with Crippen LogP contribution in [-0.4, -0.2) is 30.9 Å². The average Bonchev–Trinajstić information content (AvgIpc) is 3.15. The Balaban J connectivity index is 1.35. The second kappa shape index (κ2) is 7.31. The lowest BCUT2D eigenvalue weighted by Gasteiger charge is -2.36. The van der Waals surface area contributed by atoms with Gasteiger partial charge in [0.25, 0.3) is 0 Å². The van der Waals surface area contributed by atoms with Gasteiger partial charge in [0.2, 0.25) is 6.79 Å². The van der Waals surface area contributed by atoms with Crippen molar-refractivity contribution < 1.29 is 9.47 Å². The summed E-state index contributed by atoms with van der Waals surface area (Å²) in [6.07, 6.45) is 7.14. The Morgan fingerprint density at radius 3 is 2.64 bits per heavy atom. The van der Waals surface area contributed by atoms with Gasteiger partial charge in [-0.3, -0.25) is 4.98 Å². The number of nitrogens with zero attached hydrogens (tertiary/aromatic N) is 2. The van der Waals surface area contributed by atoms with Crippen molar-refractivity contribution in [3.63, 3.8) is 0 Å². The van der Waals surface area contributed by atoms with Crippen LogP contribution in [-0.2, 0) is 0 Å². The van der Waals surface area contributed by atoms with Gasteiger partial charge in [0.15, 0.2) is 11.5 Å². The minimum atomic E-state index is 0.332. The van der Waals surface area contributed by atoms with E-state index in [1.807, 2.05) is 18.5 Å². The van der Waals surface area contributed by atoms with Gasteiger partial charge in [0.1, 0.15) is 0 Å². The van der Waals surface area contributed by atoms with Crippen LogP contribution in [0.4, 0.5) is 5.69 Å². The summed E-state index contributed by atoms with van der Waals surface area (Å²) in [6.45, 7) is 4.69. The van der Waals surface area contributed by atoms with Crippen LogP contribution in [0.3, 0.4) is 0 Å². The van der Waals surface area contributed by atoms with E-state index in [4.69, 9.17) is 9.47 Å². The SMILES string of the molecule is CCC(NC1CCN(c2ccc3c(c2)OCO3)CC1)c1ccncc1. The Labute approximate surface area is 149 Å². The van der Waals surface area contributed by atoms with Crippen LogP contribution < -0.4 is 19.7 Å². The topological polar surface area (TPSA) is 46.6 Å². The number of pyridine rings is 1. The second-order valence-corrected chi connectivity index (χ2v) is 6.71. The summed E-state index contributed by atoms with van der Waals surface area (Å²) in [5, 5.41) is 3.84. The first-order chi connectivity index (χ1) is 12.3. The van der Waals surface area contributed by atoms with Crippen LogP contribution >= 0.6 is 0 Å². The predicted octanol–water partition coefficient (Wildman–Crippen LogP) is 3.52. The van der Waals surface area contributed by atoms with E-state index in [0.29, 0.717) is 18.9 Å². The summed E-state index contributed by atoms with van der Waals surface area (Å²) in [4.78, 5) is 6.56. The quantitative estimate of drug-likeness (QED) is 0.903. The highest BCUT2D eigenvalue weighted by atomic mass is 16.7. The first-order valence-electron chi connectivity index (χ1n) is 9.14. The summed E-state index contributed by atoms with van der Waals surface area (Å²) in [6, 6.07) is 11.4. The fourth-order valence-electron chi connectivity index (χ4n) is 3.72. The number of piperidine rings is 1. The standard InChI is InChI=1S/C20H25N3O2/c1-2-18(15-5-9-21-10-6-15)22-16-7-11-23(12-8-16)17-3-4-19-20(13-17)25-14-24-19/h3-6,9-10,13,16,18,22H,2,7-8,11-12,14H2,1H3. The molecule has 1 unspecified atom stereocenters. The van der Waals surface area contributed by atoms with Gasteiger partial charge in [-0.05, 0) is 49.1 Å². The maximum Gasteiger partial charge on any atom is 0.231 e. The van der Waals surface area contributed by atoms with Crippen molar-refractivity contribution in [1.82, 2.24) is 10.3 Å². The minimum absolute atomic E-state index is 0.332. The average molecular weight is 339 g/mol. The molecule has 1 aromatic carbocycles. The van der Waals surface area contributed by atoms with Gasteiger partial charge in [0.05, 0.1) is 0 Å². The smallest absolute Gasteiger partial charge is 0.231 e. The minimum Gasteiger partial charge on any atom is -0.454 e. The number of anilines is 1. The number of fused-ring (bicyclic) bond motifs is 1. The van der Waals surface area contributed by atoms with E-state index in [9.17, 15) is 0 Å².